The van der Waals surface area contributed by atoms with Gasteiger partial charge >= 0.3 is 0 Å². The van der Waals surface area contributed by atoms with Crippen LogP contribution in [0.2, 0.25) is 0 Å². The predicted octanol–water partition coefficient (Wildman–Crippen LogP) is 8.39. The third kappa shape index (κ3) is 7.10. The Morgan fingerprint density at radius 3 is 2.06 bits per heavy atom. The lowest BCUT2D eigenvalue weighted by Gasteiger charge is -2.07. The fourth-order valence-corrected chi connectivity index (χ4v) is 4.09. The Morgan fingerprint density at radius 1 is 0.694 bits per heavy atom. The van der Waals surface area contributed by atoms with Crippen LogP contribution in [0.4, 0.5) is 4.39 Å². The number of carbonyl (C=O) groups is 1. The lowest BCUT2D eigenvalue weighted by atomic mass is 9.98. The third-order valence-electron chi connectivity index (χ3n) is 6.13. The molecule has 4 aromatic carbocycles. The SMILES string of the molecule is Cc1ccccc1C(/C=C\c1cccc(CCc2ccc(/C=C\c3ccc(F)cc3)cc2)c1)=C\C=O. The van der Waals surface area contributed by atoms with Gasteiger partial charge < -0.3 is 0 Å². The smallest absolute Gasteiger partial charge is 0.143 e. The number of halogens is 1. The summed E-state index contributed by atoms with van der Waals surface area (Å²) in [5.74, 6) is -0.222. The molecule has 0 amide bonds. The van der Waals surface area contributed by atoms with Crippen LogP contribution < -0.4 is 0 Å². The molecule has 0 heterocycles. The molecule has 0 saturated heterocycles. The van der Waals surface area contributed by atoms with Gasteiger partial charge in [-0.25, -0.2) is 4.39 Å². The first-order chi connectivity index (χ1) is 17.6. The van der Waals surface area contributed by atoms with E-state index < -0.39 is 0 Å². The van der Waals surface area contributed by atoms with E-state index >= 15 is 0 Å². The fraction of sp³-hybridized carbons (Fsp3) is 0.0882. The van der Waals surface area contributed by atoms with Gasteiger partial charge in [0.15, 0.2) is 0 Å². The van der Waals surface area contributed by atoms with Crippen molar-refractivity contribution >= 4 is 30.1 Å². The molecule has 0 aliphatic rings. The standard InChI is InChI=1S/C34H29FO/c1-26-5-2-3-8-34(26)32(23-24-36)20-17-31-7-4-6-30(25-31)16-15-28-11-9-27(10-12-28)13-14-29-18-21-33(35)22-19-29/h2-14,17-25H,15-16H2,1H3/b14-13-,20-17-,32-23-. The Kier molecular flexibility index (Phi) is 8.56. The zero-order chi connectivity index (χ0) is 25.2. The van der Waals surface area contributed by atoms with Gasteiger partial charge in [-0.3, -0.25) is 4.79 Å². The molecule has 0 fully saturated rings. The molecule has 178 valence electrons. The maximum absolute atomic E-state index is 13.0. The number of rotatable bonds is 9. The summed E-state index contributed by atoms with van der Waals surface area (Å²) < 4.78 is 13.0. The van der Waals surface area contributed by atoms with E-state index in [0.29, 0.717) is 0 Å². The van der Waals surface area contributed by atoms with Crippen molar-refractivity contribution in [2.75, 3.05) is 0 Å². The number of carbonyl (C=O) groups excluding carboxylic acids is 1. The summed E-state index contributed by atoms with van der Waals surface area (Å²) in [6.07, 6.45) is 12.4. The third-order valence-corrected chi connectivity index (χ3v) is 6.13. The monoisotopic (exact) mass is 472 g/mol. The summed E-state index contributed by atoms with van der Waals surface area (Å²) in [5, 5.41) is 0. The molecule has 0 N–H and O–H groups in total. The molecule has 0 atom stereocenters. The van der Waals surface area contributed by atoms with Crippen molar-refractivity contribution in [1.29, 1.82) is 0 Å². The second-order valence-electron chi connectivity index (χ2n) is 8.78. The van der Waals surface area contributed by atoms with E-state index in [-0.39, 0.29) is 5.82 Å². The Bertz CT molecular complexity index is 1390. The number of hydrogen-bond donors (Lipinski definition) is 0. The maximum Gasteiger partial charge on any atom is 0.143 e. The van der Waals surface area contributed by atoms with E-state index in [4.69, 9.17) is 0 Å². The molecule has 36 heavy (non-hydrogen) atoms. The summed E-state index contributed by atoms with van der Waals surface area (Å²) in [7, 11) is 0. The average molecular weight is 473 g/mol. The van der Waals surface area contributed by atoms with Crippen LogP contribution in [0.15, 0.2) is 109 Å². The van der Waals surface area contributed by atoms with Gasteiger partial charge in [0.05, 0.1) is 0 Å². The number of aldehydes is 1. The van der Waals surface area contributed by atoms with Gasteiger partial charge in [-0.1, -0.05) is 109 Å². The molecule has 0 radical (unpaired) electrons. The fourth-order valence-electron chi connectivity index (χ4n) is 4.09. The maximum atomic E-state index is 13.0. The zero-order valence-corrected chi connectivity index (χ0v) is 20.4. The minimum atomic E-state index is -0.222. The van der Waals surface area contributed by atoms with Crippen molar-refractivity contribution in [3.8, 4) is 0 Å². The molecule has 0 bridgehead atoms. The molecular formula is C34H29FO. The van der Waals surface area contributed by atoms with Crippen LogP contribution in [-0.2, 0) is 17.6 Å². The van der Waals surface area contributed by atoms with Crippen LogP contribution in [0.1, 0.15) is 38.9 Å². The van der Waals surface area contributed by atoms with Crippen molar-refractivity contribution in [2.45, 2.75) is 19.8 Å². The van der Waals surface area contributed by atoms with E-state index in [2.05, 4.69) is 67.6 Å². The molecule has 1 nitrogen and oxygen atoms in total. The van der Waals surface area contributed by atoms with Crippen molar-refractivity contribution in [3.05, 3.63) is 154 Å². The average Bonchev–Trinajstić information content (AvgIpc) is 2.91. The number of aryl methyl sites for hydroxylation is 3. The number of hydrogen-bond acceptors (Lipinski definition) is 1. The molecule has 0 saturated carbocycles. The first kappa shape index (κ1) is 24.8. The highest BCUT2D eigenvalue weighted by Gasteiger charge is 2.02. The van der Waals surface area contributed by atoms with E-state index in [0.717, 1.165) is 52.5 Å². The van der Waals surface area contributed by atoms with Crippen molar-refractivity contribution in [3.63, 3.8) is 0 Å². The van der Waals surface area contributed by atoms with Gasteiger partial charge in [-0.15, -0.1) is 0 Å². The van der Waals surface area contributed by atoms with Crippen molar-refractivity contribution in [2.24, 2.45) is 0 Å². The Labute approximate surface area is 213 Å². The van der Waals surface area contributed by atoms with Crippen LogP contribution >= 0.6 is 0 Å². The van der Waals surface area contributed by atoms with Gasteiger partial charge in [0.2, 0.25) is 0 Å². The summed E-state index contributed by atoms with van der Waals surface area (Å²) in [6.45, 7) is 2.05. The normalized spacial score (nSPS) is 11.9. The van der Waals surface area contributed by atoms with Crippen LogP contribution in [0.25, 0.3) is 23.8 Å². The molecule has 4 rings (SSSR count). The molecule has 0 aliphatic carbocycles. The van der Waals surface area contributed by atoms with Crippen LogP contribution in [0, 0.1) is 12.7 Å². The summed E-state index contributed by atoms with van der Waals surface area (Å²) in [4.78, 5) is 11.2. The second kappa shape index (κ2) is 12.4. The highest BCUT2D eigenvalue weighted by atomic mass is 19.1. The highest BCUT2D eigenvalue weighted by Crippen LogP contribution is 2.21. The van der Waals surface area contributed by atoms with E-state index in [1.165, 1.54) is 23.3 Å². The van der Waals surface area contributed by atoms with Gasteiger partial charge in [0.1, 0.15) is 12.1 Å². The Morgan fingerprint density at radius 2 is 1.36 bits per heavy atom. The minimum Gasteiger partial charge on any atom is -0.299 e. The molecule has 0 spiro atoms. The van der Waals surface area contributed by atoms with Crippen molar-refractivity contribution < 1.29 is 9.18 Å². The first-order valence-electron chi connectivity index (χ1n) is 12.1. The van der Waals surface area contributed by atoms with Crippen molar-refractivity contribution in [1.82, 2.24) is 0 Å². The Balaban J connectivity index is 1.38. The van der Waals surface area contributed by atoms with Gasteiger partial charge in [-0.2, -0.15) is 0 Å². The molecule has 0 unspecified atom stereocenters. The quantitative estimate of drug-likeness (QED) is 0.103. The van der Waals surface area contributed by atoms with Gasteiger partial charge in [-0.05, 0) is 82.5 Å². The summed E-state index contributed by atoms with van der Waals surface area (Å²) >= 11 is 0. The molecular weight excluding hydrogens is 443 g/mol. The topological polar surface area (TPSA) is 17.1 Å². The van der Waals surface area contributed by atoms with Crippen LogP contribution in [0.5, 0.6) is 0 Å². The molecule has 2 heteroatoms. The molecule has 0 aromatic heterocycles. The van der Waals surface area contributed by atoms with E-state index in [9.17, 15) is 9.18 Å². The minimum absolute atomic E-state index is 0.222. The van der Waals surface area contributed by atoms with E-state index in [1.807, 2.05) is 36.4 Å². The number of allylic oxidation sites excluding steroid dienone is 3. The van der Waals surface area contributed by atoms with Crippen LogP contribution in [-0.4, -0.2) is 6.29 Å². The molecule has 0 aliphatic heterocycles. The lowest BCUT2D eigenvalue weighted by Crippen LogP contribution is -1.92. The second-order valence-corrected chi connectivity index (χ2v) is 8.78. The summed E-state index contributed by atoms with van der Waals surface area (Å²) in [5.41, 5.74) is 8.86. The predicted molar refractivity (Wildman–Crippen MR) is 150 cm³/mol. The first-order valence-corrected chi connectivity index (χ1v) is 12.1. The lowest BCUT2D eigenvalue weighted by molar-refractivity contribution is -0.104. The highest BCUT2D eigenvalue weighted by molar-refractivity contribution is 5.89. The van der Waals surface area contributed by atoms with Gasteiger partial charge in [0.25, 0.3) is 0 Å². The molecule has 4 aromatic rings. The summed E-state index contributed by atoms with van der Waals surface area (Å²) in [6, 6.07) is 31.6. The number of benzene rings is 4. The van der Waals surface area contributed by atoms with E-state index in [1.54, 1.807) is 18.2 Å². The van der Waals surface area contributed by atoms with Crippen LogP contribution in [0.3, 0.4) is 0 Å². The zero-order valence-electron chi connectivity index (χ0n) is 20.4. The Hall–Kier alpha value is -4.30. The largest absolute Gasteiger partial charge is 0.299 e. The van der Waals surface area contributed by atoms with Gasteiger partial charge in [0, 0.05) is 0 Å².